The van der Waals surface area contributed by atoms with E-state index in [4.69, 9.17) is 37.9 Å². The van der Waals surface area contributed by atoms with Crippen molar-refractivity contribution in [2.45, 2.75) is 26.1 Å². The van der Waals surface area contributed by atoms with Crippen molar-refractivity contribution in [2.24, 2.45) is 17.0 Å². The molecule has 2 N–H and O–H groups in total. The van der Waals surface area contributed by atoms with Crippen LogP contribution >= 0.6 is 23.2 Å². The fourth-order valence-corrected chi connectivity index (χ4v) is 4.66. The van der Waals surface area contributed by atoms with Crippen LogP contribution in [0.25, 0.3) is 0 Å². The predicted molar refractivity (Wildman–Crippen MR) is 140 cm³/mol. The molecule has 210 valence electrons. The van der Waals surface area contributed by atoms with Gasteiger partial charge in [-0.3, -0.25) is 9.78 Å². The van der Waals surface area contributed by atoms with Gasteiger partial charge in [0.2, 0.25) is 5.88 Å². The molecule has 1 aromatic carbocycles. The van der Waals surface area contributed by atoms with E-state index in [0.29, 0.717) is 21.3 Å². The predicted octanol–water partition coefficient (Wildman–Crippen LogP) is 6.21. The normalized spacial score (nSPS) is 16.9. The molecular weight excluding hydrogens is 576 g/mol. The van der Waals surface area contributed by atoms with Gasteiger partial charge in [-0.05, 0) is 30.2 Å². The van der Waals surface area contributed by atoms with Gasteiger partial charge in [0.1, 0.15) is 18.4 Å². The van der Waals surface area contributed by atoms with Gasteiger partial charge in [-0.2, -0.15) is 13.2 Å². The molecule has 0 bridgehead atoms. The Labute approximate surface area is 235 Å². The van der Waals surface area contributed by atoms with Crippen LogP contribution < -0.4 is 10.1 Å². The molecule has 1 amide bonds. The first-order chi connectivity index (χ1) is 18.9. The number of carboxylic acid groups (broad SMARTS) is 1. The van der Waals surface area contributed by atoms with Gasteiger partial charge in [-0.15, -0.1) is 0 Å². The maximum Gasteiger partial charge on any atom is 0.434 e. The number of amides is 1. The topological polar surface area (TPSA) is 123 Å². The van der Waals surface area contributed by atoms with Crippen LogP contribution in [0.5, 0.6) is 5.88 Å². The van der Waals surface area contributed by atoms with Crippen LogP contribution in [0.2, 0.25) is 10.0 Å². The lowest BCUT2D eigenvalue weighted by Crippen LogP contribution is -2.33. The third-order valence-corrected chi connectivity index (χ3v) is 6.56. The van der Waals surface area contributed by atoms with E-state index >= 15 is 0 Å². The van der Waals surface area contributed by atoms with Gasteiger partial charge in [0.05, 0.1) is 39.0 Å². The Morgan fingerprint density at radius 2 is 1.85 bits per heavy atom. The number of aromatic nitrogens is 2. The van der Waals surface area contributed by atoms with E-state index in [1.165, 1.54) is 0 Å². The number of pyridine rings is 2. The Morgan fingerprint density at radius 1 is 1.15 bits per heavy atom. The highest BCUT2D eigenvalue weighted by molar-refractivity contribution is 6.40. The molecule has 9 nitrogen and oxygen atoms in total. The molecule has 0 radical (unpaired) electrons. The van der Waals surface area contributed by atoms with Gasteiger partial charge in [0.25, 0.3) is 5.91 Å². The van der Waals surface area contributed by atoms with E-state index in [0.717, 1.165) is 30.6 Å². The number of nitrogens with zero attached hydrogens (tertiary/aromatic N) is 3. The van der Waals surface area contributed by atoms with Gasteiger partial charge in [0, 0.05) is 17.8 Å². The van der Waals surface area contributed by atoms with Crippen LogP contribution in [0.1, 0.15) is 45.8 Å². The first kappa shape index (κ1) is 29.1. The number of alkyl halides is 3. The molecule has 4 rings (SSSR count). The van der Waals surface area contributed by atoms with Crippen LogP contribution in [0.3, 0.4) is 0 Å². The summed E-state index contributed by atoms with van der Waals surface area (Å²) in [6, 6.07) is 8.01. The number of hydrogen-bond donors (Lipinski definition) is 2. The van der Waals surface area contributed by atoms with E-state index in [-0.39, 0.29) is 23.8 Å². The quantitative estimate of drug-likeness (QED) is 0.317. The van der Waals surface area contributed by atoms with Crippen LogP contribution in [-0.4, -0.2) is 45.4 Å². The Morgan fingerprint density at radius 3 is 2.48 bits per heavy atom. The Hall–Kier alpha value is -3.90. The van der Waals surface area contributed by atoms with E-state index in [1.807, 2.05) is 13.8 Å². The average molecular weight is 597 g/mol. The Kier molecular flexibility index (Phi) is 8.50. The monoisotopic (exact) mass is 596 g/mol. The molecule has 14 heteroatoms. The summed E-state index contributed by atoms with van der Waals surface area (Å²) in [6.45, 7) is 3.60. The lowest BCUT2D eigenvalue weighted by Gasteiger charge is -2.23. The molecule has 0 fully saturated rings. The van der Waals surface area contributed by atoms with Crippen LogP contribution in [0.4, 0.5) is 18.9 Å². The van der Waals surface area contributed by atoms with Gasteiger partial charge >= 0.3 is 12.1 Å². The smallest absolute Gasteiger partial charge is 0.434 e. The Bertz CT molecular complexity index is 1460. The number of oxime groups is 1. The second-order valence-corrected chi connectivity index (χ2v) is 9.88. The lowest BCUT2D eigenvalue weighted by molar-refractivity contribution is -0.141. The second-order valence-electron chi connectivity index (χ2n) is 9.07. The highest BCUT2D eigenvalue weighted by atomic mass is 35.5. The number of hydrogen-bond acceptors (Lipinski definition) is 7. The first-order valence-corrected chi connectivity index (χ1v) is 12.5. The summed E-state index contributed by atoms with van der Waals surface area (Å²) >= 11 is 12.7. The van der Waals surface area contributed by atoms with E-state index in [2.05, 4.69) is 20.4 Å². The Balaban J connectivity index is 1.59. The third kappa shape index (κ3) is 6.28. The van der Waals surface area contributed by atoms with Crippen LogP contribution in [-0.2, 0) is 11.0 Å². The molecule has 1 aliphatic rings. The van der Waals surface area contributed by atoms with Crippen molar-refractivity contribution in [3.8, 4) is 5.88 Å². The zero-order chi connectivity index (χ0) is 29.2. The fraction of sp³-hybridized carbons (Fsp3) is 0.269. The largest absolute Gasteiger partial charge is 0.478 e. The summed E-state index contributed by atoms with van der Waals surface area (Å²) in [5.74, 6) is -3.47. The number of halogens is 5. The van der Waals surface area contributed by atoms with Crippen molar-refractivity contribution in [1.29, 1.82) is 0 Å². The first-order valence-electron chi connectivity index (χ1n) is 11.8. The number of benzene rings is 1. The van der Waals surface area contributed by atoms with Gasteiger partial charge in [-0.1, -0.05) is 48.3 Å². The summed E-state index contributed by atoms with van der Waals surface area (Å²) in [4.78, 5) is 36.7. The van der Waals surface area contributed by atoms with Gasteiger partial charge < -0.3 is 20.0 Å². The highest BCUT2D eigenvalue weighted by Crippen LogP contribution is 2.36. The minimum atomic E-state index is -5.01. The summed E-state index contributed by atoms with van der Waals surface area (Å²) in [5, 5.41) is 16.1. The average Bonchev–Trinajstić information content (AvgIpc) is 3.30. The van der Waals surface area contributed by atoms with Gasteiger partial charge in [0.15, 0.2) is 5.69 Å². The summed E-state index contributed by atoms with van der Waals surface area (Å²) in [7, 11) is 0. The zero-order valence-electron chi connectivity index (χ0n) is 20.9. The number of ether oxygens (including phenoxy) is 1. The molecule has 2 atom stereocenters. The van der Waals surface area contributed by atoms with Crippen molar-refractivity contribution in [3.63, 3.8) is 0 Å². The van der Waals surface area contributed by atoms with E-state index in [9.17, 15) is 22.8 Å². The number of carbonyl (C=O) groups is 2. The zero-order valence-corrected chi connectivity index (χ0v) is 22.4. The van der Waals surface area contributed by atoms with E-state index < -0.39 is 47.2 Å². The van der Waals surface area contributed by atoms with Crippen molar-refractivity contribution < 1.29 is 37.4 Å². The minimum Gasteiger partial charge on any atom is -0.478 e. The van der Waals surface area contributed by atoms with Crippen molar-refractivity contribution in [3.05, 3.63) is 81.2 Å². The summed E-state index contributed by atoms with van der Waals surface area (Å²) in [5.41, 5.74) is -1.83. The maximum atomic E-state index is 13.9. The molecule has 2 aromatic heterocycles. The number of anilines is 1. The molecule has 2 unspecified atom stereocenters. The molecule has 0 saturated heterocycles. The highest BCUT2D eigenvalue weighted by Gasteiger charge is 2.40. The second kappa shape index (κ2) is 11.7. The summed E-state index contributed by atoms with van der Waals surface area (Å²) in [6.07, 6.45) is -3.37. The van der Waals surface area contributed by atoms with Crippen LogP contribution in [0, 0.1) is 11.8 Å². The number of rotatable bonds is 8. The molecule has 3 heterocycles. The summed E-state index contributed by atoms with van der Waals surface area (Å²) < 4.78 is 47.4. The minimum absolute atomic E-state index is 0.0463. The van der Waals surface area contributed by atoms with Crippen molar-refractivity contribution in [2.75, 3.05) is 11.9 Å². The molecule has 0 spiro atoms. The molecule has 40 heavy (non-hydrogen) atoms. The molecule has 3 aromatic rings. The van der Waals surface area contributed by atoms with Gasteiger partial charge in [-0.25, -0.2) is 9.78 Å². The number of aromatic carboxylic acids is 1. The molecular formula is C26H21Cl2F3N4O5. The molecule has 1 aliphatic heterocycles. The SMILES string of the molecule is CC(C)C1ON=C(c2c(Cl)cccc2Cl)C1COc1ccc(C(=O)Nc2cncc(C(=O)O)c2)c(C(F)(F)F)n1. The van der Waals surface area contributed by atoms with E-state index in [1.54, 1.807) is 18.2 Å². The molecule has 0 aliphatic carbocycles. The van der Waals surface area contributed by atoms with Crippen molar-refractivity contribution >= 4 is 46.5 Å². The molecule has 0 saturated carbocycles. The third-order valence-electron chi connectivity index (χ3n) is 5.93. The maximum absolute atomic E-state index is 13.9. The number of carbonyl (C=O) groups excluding carboxylic acids is 1. The standard InChI is InChI=1S/C26H21Cl2F3N4O5/c1-12(2)22-16(21(35-40-22)20-17(27)4-3-5-18(20)28)11-39-19-7-6-15(23(34-19)26(29,30)31)24(36)33-14-8-13(25(37)38)9-32-10-14/h3-10,12,16,22H,11H2,1-2H3,(H,33,36)(H,37,38). The van der Waals surface area contributed by atoms with Crippen LogP contribution in [0.15, 0.2) is 53.9 Å². The number of carboxylic acids is 1. The lowest BCUT2D eigenvalue weighted by atomic mass is 9.87. The fourth-order valence-electron chi connectivity index (χ4n) is 4.07. The van der Waals surface area contributed by atoms with Crippen molar-refractivity contribution in [1.82, 2.24) is 9.97 Å². The number of nitrogens with one attached hydrogen (secondary N) is 1.